The Morgan fingerprint density at radius 1 is 1.18 bits per heavy atom. The van der Waals surface area contributed by atoms with E-state index >= 15 is 0 Å². The molecule has 1 saturated carbocycles. The second-order valence-electron chi connectivity index (χ2n) is 4.57. The van der Waals surface area contributed by atoms with E-state index in [1.165, 1.54) is 0 Å². The molecule has 0 aliphatic heterocycles. The van der Waals surface area contributed by atoms with Gasteiger partial charge < -0.3 is 5.73 Å². The van der Waals surface area contributed by atoms with E-state index in [4.69, 9.17) is 5.73 Å². The molecule has 1 aromatic rings. The topological polar surface area (TPSA) is 72.2 Å². The highest BCUT2D eigenvalue weighted by Gasteiger charge is 2.23. The minimum absolute atomic E-state index is 0.0462. The number of hydrogen-bond donors (Lipinski definition) is 2. The molecule has 0 bridgehead atoms. The summed E-state index contributed by atoms with van der Waals surface area (Å²) in [7, 11) is -3.19. The molecule has 0 spiro atoms. The number of nitrogens with two attached hydrogens (primary N) is 1. The molecule has 0 saturated heterocycles. The van der Waals surface area contributed by atoms with Gasteiger partial charge in [0.1, 0.15) is 0 Å². The molecule has 5 heteroatoms. The van der Waals surface area contributed by atoms with Gasteiger partial charge in [-0.15, -0.1) is 0 Å². The number of nitrogens with one attached hydrogen (secondary N) is 1. The monoisotopic (exact) mass is 254 g/mol. The van der Waals surface area contributed by atoms with Gasteiger partial charge in [-0.1, -0.05) is 24.3 Å². The first-order valence-corrected chi connectivity index (χ1v) is 7.49. The van der Waals surface area contributed by atoms with Crippen molar-refractivity contribution in [2.75, 3.05) is 6.54 Å². The lowest BCUT2D eigenvalue weighted by molar-refractivity contribution is 0.576. The molecule has 94 valence electrons. The van der Waals surface area contributed by atoms with Crippen molar-refractivity contribution in [2.45, 2.75) is 25.1 Å². The van der Waals surface area contributed by atoms with Crippen molar-refractivity contribution in [1.29, 1.82) is 0 Å². The lowest BCUT2D eigenvalue weighted by Crippen LogP contribution is -2.27. The summed E-state index contributed by atoms with van der Waals surface area (Å²) in [4.78, 5) is 0. The number of sulfonamides is 1. The largest absolute Gasteiger partial charge is 0.326 e. The van der Waals surface area contributed by atoms with Crippen molar-refractivity contribution < 1.29 is 8.42 Å². The van der Waals surface area contributed by atoms with Crippen LogP contribution < -0.4 is 10.5 Å². The highest BCUT2D eigenvalue weighted by Crippen LogP contribution is 2.27. The minimum atomic E-state index is -3.19. The first-order chi connectivity index (χ1) is 8.09. The number of hydrogen-bond acceptors (Lipinski definition) is 3. The lowest BCUT2D eigenvalue weighted by atomic mass is 10.1. The van der Waals surface area contributed by atoms with Crippen molar-refractivity contribution >= 4 is 10.0 Å². The highest BCUT2D eigenvalue weighted by molar-refractivity contribution is 7.88. The zero-order valence-electron chi connectivity index (χ0n) is 9.72. The van der Waals surface area contributed by atoms with Crippen LogP contribution >= 0.6 is 0 Å². The van der Waals surface area contributed by atoms with E-state index in [1.54, 1.807) is 0 Å². The lowest BCUT2D eigenvalue weighted by Gasteiger charge is -2.06. The normalized spacial score (nSPS) is 16.1. The van der Waals surface area contributed by atoms with Gasteiger partial charge in [0.2, 0.25) is 10.0 Å². The van der Waals surface area contributed by atoms with Crippen LogP contribution in [-0.4, -0.2) is 15.0 Å². The van der Waals surface area contributed by atoms with Crippen LogP contribution in [0.5, 0.6) is 0 Å². The molecule has 1 aromatic carbocycles. The third-order valence-corrected chi connectivity index (χ3v) is 4.22. The molecule has 1 aliphatic carbocycles. The number of benzene rings is 1. The van der Waals surface area contributed by atoms with E-state index in [1.807, 2.05) is 24.3 Å². The molecule has 1 aliphatic rings. The summed E-state index contributed by atoms with van der Waals surface area (Å²) in [5, 5.41) is 0. The van der Waals surface area contributed by atoms with Gasteiger partial charge in [0.15, 0.2) is 0 Å². The first-order valence-electron chi connectivity index (χ1n) is 5.84. The van der Waals surface area contributed by atoms with Crippen molar-refractivity contribution in [3.8, 4) is 0 Å². The minimum Gasteiger partial charge on any atom is -0.326 e. The smallest absolute Gasteiger partial charge is 0.215 e. The summed E-state index contributed by atoms with van der Waals surface area (Å²) in [6.07, 6.45) is 2.29. The molecular weight excluding hydrogens is 236 g/mol. The second-order valence-corrected chi connectivity index (χ2v) is 6.38. The van der Waals surface area contributed by atoms with Crippen molar-refractivity contribution in [2.24, 2.45) is 11.7 Å². The Labute approximate surface area is 102 Å². The van der Waals surface area contributed by atoms with Crippen LogP contribution in [0.1, 0.15) is 24.0 Å². The van der Waals surface area contributed by atoms with Crippen LogP contribution in [0.15, 0.2) is 24.3 Å². The molecule has 4 nitrogen and oxygen atoms in total. The molecule has 2 rings (SSSR count). The van der Waals surface area contributed by atoms with Crippen LogP contribution in [0.2, 0.25) is 0 Å². The van der Waals surface area contributed by atoms with Gasteiger partial charge in [0.05, 0.1) is 5.75 Å². The molecule has 0 unspecified atom stereocenters. The van der Waals surface area contributed by atoms with Crippen LogP contribution in [0, 0.1) is 5.92 Å². The van der Waals surface area contributed by atoms with Gasteiger partial charge in [-0.3, -0.25) is 0 Å². The van der Waals surface area contributed by atoms with E-state index in [0.717, 1.165) is 24.0 Å². The van der Waals surface area contributed by atoms with Gasteiger partial charge in [0.25, 0.3) is 0 Å². The van der Waals surface area contributed by atoms with Gasteiger partial charge >= 0.3 is 0 Å². The third kappa shape index (κ3) is 4.11. The molecule has 1 fully saturated rings. The third-order valence-electron chi connectivity index (χ3n) is 2.90. The highest BCUT2D eigenvalue weighted by atomic mass is 32.2. The molecule has 0 aromatic heterocycles. The Hall–Kier alpha value is -0.910. The molecule has 0 heterocycles. The van der Waals surface area contributed by atoms with Crippen LogP contribution in [0.3, 0.4) is 0 Å². The van der Waals surface area contributed by atoms with Crippen LogP contribution in [0.4, 0.5) is 0 Å². The van der Waals surface area contributed by atoms with Gasteiger partial charge in [-0.2, -0.15) is 0 Å². The number of rotatable bonds is 6. The Bertz CT molecular complexity index is 464. The summed E-state index contributed by atoms with van der Waals surface area (Å²) >= 11 is 0. The van der Waals surface area contributed by atoms with E-state index in [2.05, 4.69) is 4.72 Å². The molecule has 0 amide bonds. The van der Waals surface area contributed by atoms with Crippen molar-refractivity contribution in [1.82, 2.24) is 4.72 Å². The predicted octanol–water partition coefficient (Wildman–Crippen LogP) is 0.975. The maximum atomic E-state index is 11.8. The maximum absolute atomic E-state index is 11.8. The quantitative estimate of drug-likeness (QED) is 0.794. The fourth-order valence-electron chi connectivity index (χ4n) is 1.61. The Morgan fingerprint density at radius 2 is 1.76 bits per heavy atom. The van der Waals surface area contributed by atoms with E-state index in [9.17, 15) is 8.42 Å². The summed E-state index contributed by atoms with van der Waals surface area (Å²) in [6.45, 7) is 1.07. The fraction of sp³-hybridized carbons (Fsp3) is 0.500. The van der Waals surface area contributed by atoms with E-state index < -0.39 is 10.0 Å². The van der Waals surface area contributed by atoms with Crippen LogP contribution in [-0.2, 0) is 22.3 Å². The maximum Gasteiger partial charge on any atom is 0.215 e. The SMILES string of the molecule is NCc1ccc(CS(=O)(=O)NCC2CC2)cc1. The Morgan fingerprint density at radius 3 is 2.29 bits per heavy atom. The van der Waals surface area contributed by atoms with Crippen LogP contribution in [0.25, 0.3) is 0 Å². The molecule has 17 heavy (non-hydrogen) atoms. The zero-order valence-corrected chi connectivity index (χ0v) is 10.5. The molecule has 0 radical (unpaired) electrons. The van der Waals surface area contributed by atoms with E-state index in [0.29, 0.717) is 19.0 Å². The summed E-state index contributed by atoms with van der Waals surface area (Å²) in [5.41, 5.74) is 7.29. The second kappa shape index (κ2) is 5.16. The summed E-state index contributed by atoms with van der Waals surface area (Å²) in [5.74, 6) is 0.606. The Kier molecular flexibility index (Phi) is 3.81. The summed E-state index contributed by atoms with van der Waals surface area (Å²) in [6, 6.07) is 7.37. The van der Waals surface area contributed by atoms with Crippen molar-refractivity contribution in [3.05, 3.63) is 35.4 Å². The van der Waals surface area contributed by atoms with Gasteiger partial charge in [-0.25, -0.2) is 13.1 Å². The zero-order chi connectivity index (χ0) is 12.3. The Balaban J connectivity index is 1.92. The van der Waals surface area contributed by atoms with E-state index in [-0.39, 0.29) is 5.75 Å². The standard InChI is InChI=1S/C12H18N2O2S/c13-7-10-1-5-12(6-2-10)9-17(15,16)14-8-11-3-4-11/h1-2,5-6,11,14H,3-4,7-9,13H2. The fourth-order valence-corrected chi connectivity index (χ4v) is 2.83. The average molecular weight is 254 g/mol. The van der Waals surface area contributed by atoms with Crippen molar-refractivity contribution in [3.63, 3.8) is 0 Å². The molecule has 0 atom stereocenters. The first kappa shape index (κ1) is 12.5. The van der Waals surface area contributed by atoms with Gasteiger partial charge in [0, 0.05) is 13.1 Å². The predicted molar refractivity (Wildman–Crippen MR) is 67.7 cm³/mol. The van der Waals surface area contributed by atoms with Gasteiger partial charge in [-0.05, 0) is 29.9 Å². The molecule has 3 N–H and O–H groups in total. The summed E-state index contributed by atoms with van der Waals surface area (Å²) < 4.78 is 26.1. The molecular formula is C12H18N2O2S. The average Bonchev–Trinajstić information content (AvgIpc) is 3.11.